The summed E-state index contributed by atoms with van der Waals surface area (Å²) in [7, 11) is 0. The Bertz CT molecular complexity index is 853. The highest BCUT2D eigenvalue weighted by molar-refractivity contribution is 5.96. The van der Waals surface area contributed by atoms with Crippen LogP contribution >= 0.6 is 0 Å². The number of benzene rings is 2. The monoisotopic (exact) mass is 336 g/mol. The molecule has 2 aromatic carbocycles. The molecular weight excluding hydrogens is 316 g/mol. The Labute approximate surface area is 146 Å². The molecule has 5 nitrogen and oxygen atoms in total. The molecule has 1 heterocycles. The first-order valence-electron chi connectivity index (χ1n) is 8.20. The second-order valence-corrected chi connectivity index (χ2v) is 5.66. The average Bonchev–Trinajstić information content (AvgIpc) is 3.10. The van der Waals surface area contributed by atoms with E-state index in [1.54, 1.807) is 12.1 Å². The Balaban J connectivity index is 1.66. The van der Waals surface area contributed by atoms with E-state index >= 15 is 0 Å². The van der Waals surface area contributed by atoms with Crippen LogP contribution in [0.3, 0.4) is 0 Å². The zero-order valence-corrected chi connectivity index (χ0v) is 14.3. The minimum Gasteiger partial charge on any atom is -0.493 e. The van der Waals surface area contributed by atoms with Crippen molar-refractivity contribution in [3.05, 3.63) is 71.4 Å². The first kappa shape index (κ1) is 16.8. The summed E-state index contributed by atoms with van der Waals surface area (Å²) in [5.74, 6) is 1.05. The number of nitrogens with one attached hydrogen (secondary N) is 1. The predicted molar refractivity (Wildman–Crippen MR) is 95.5 cm³/mol. The maximum Gasteiger partial charge on any atom is 0.255 e. The number of aryl methyl sites for hydroxylation is 1. The van der Waals surface area contributed by atoms with Crippen LogP contribution < -0.4 is 10.1 Å². The van der Waals surface area contributed by atoms with Crippen LogP contribution in [0.15, 0.2) is 59.1 Å². The molecule has 0 fully saturated rings. The molecule has 1 aromatic heterocycles. The van der Waals surface area contributed by atoms with Crippen LogP contribution in [-0.4, -0.2) is 17.7 Å². The molecular formula is C20H20N2O3. The molecule has 0 saturated carbocycles. The van der Waals surface area contributed by atoms with Gasteiger partial charge < -0.3 is 14.6 Å². The highest BCUT2D eigenvalue weighted by Gasteiger charge is 2.13. The van der Waals surface area contributed by atoms with Crippen molar-refractivity contribution >= 4 is 5.91 Å². The summed E-state index contributed by atoms with van der Waals surface area (Å²) in [6.45, 7) is 4.71. The molecule has 3 aromatic rings. The van der Waals surface area contributed by atoms with Crippen molar-refractivity contribution in [2.75, 3.05) is 6.61 Å². The Morgan fingerprint density at radius 3 is 2.68 bits per heavy atom. The Hall–Kier alpha value is -3.08. The largest absolute Gasteiger partial charge is 0.493 e. The normalized spacial score (nSPS) is 10.5. The zero-order valence-electron chi connectivity index (χ0n) is 14.3. The predicted octanol–water partition coefficient (Wildman–Crippen LogP) is 3.98. The van der Waals surface area contributed by atoms with E-state index in [1.807, 2.05) is 56.3 Å². The smallest absolute Gasteiger partial charge is 0.255 e. The fraction of sp³-hybridized carbons (Fsp3) is 0.200. The van der Waals surface area contributed by atoms with E-state index in [4.69, 9.17) is 9.26 Å². The molecule has 0 unspecified atom stereocenters. The van der Waals surface area contributed by atoms with Crippen LogP contribution in [0.25, 0.3) is 11.3 Å². The molecule has 25 heavy (non-hydrogen) atoms. The van der Waals surface area contributed by atoms with E-state index in [2.05, 4.69) is 10.5 Å². The van der Waals surface area contributed by atoms with Crippen molar-refractivity contribution < 1.29 is 14.1 Å². The van der Waals surface area contributed by atoms with Gasteiger partial charge >= 0.3 is 0 Å². The molecule has 0 radical (unpaired) electrons. The molecule has 0 atom stereocenters. The highest BCUT2D eigenvalue weighted by atomic mass is 16.5. The van der Waals surface area contributed by atoms with Gasteiger partial charge in [-0.05, 0) is 26.0 Å². The number of aromatic nitrogens is 1. The number of hydrogen-bond acceptors (Lipinski definition) is 4. The molecule has 128 valence electrons. The molecule has 0 spiro atoms. The summed E-state index contributed by atoms with van der Waals surface area (Å²) in [5.41, 5.74) is 3.31. The fourth-order valence-electron chi connectivity index (χ4n) is 2.45. The third kappa shape index (κ3) is 4.07. The lowest BCUT2D eigenvalue weighted by Gasteiger charge is -2.09. The van der Waals surface area contributed by atoms with Gasteiger partial charge in [0.25, 0.3) is 5.91 Å². The van der Waals surface area contributed by atoms with E-state index in [1.165, 1.54) is 5.56 Å². The van der Waals surface area contributed by atoms with Gasteiger partial charge in [-0.15, -0.1) is 0 Å². The average molecular weight is 336 g/mol. The quantitative estimate of drug-likeness (QED) is 0.739. The van der Waals surface area contributed by atoms with Gasteiger partial charge in [0.2, 0.25) is 0 Å². The second kappa shape index (κ2) is 7.66. The van der Waals surface area contributed by atoms with E-state index in [0.29, 0.717) is 29.4 Å². The van der Waals surface area contributed by atoms with Crippen LogP contribution in [0.4, 0.5) is 0 Å². The number of nitrogens with zero attached hydrogens (tertiary/aromatic N) is 1. The van der Waals surface area contributed by atoms with Crippen LogP contribution in [0.5, 0.6) is 5.75 Å². The molecule has 0 aliphatic rings. The Morgan fingerprint density at radius 1 is 1.16 bits per heavy atom. The number of para-hydroxylation sites is 1. The summed E-state index contributed by atoms with van der Waals surface area (Å²) in [6, 6.07) is 17.0. The van der Waals surface area contributed by atoms with Gasteiger partial charge in [0.15, 0.2) is 5.76 Å². The number of carbonyl (C=O) groups excluding carboxylic acids is 1. The zero-order chi connectivity index (χ0) is 17.6. The summed E-state index contributed by atoms with van der Waals surface area (Å²) in [6.07, 6.45) is 0. The van der Waals surface area contributed by atoms with Gasteiger partial charge in [0.05, 0.1) is 18.7 Å². The first-order valence-corrected chi connectivity index (χ1v) is 8.20. The molecule has 0 bridgehead atoms. The number of carbonyl (C=O) groups is 1. The topological polar surface area (TPSA) is 64.4 Å². The highest BCUT2D eigenvalue weighted by Crippen LogP contribution is 2.21. The Morgan fingerprint density at radius 2 is 1.92 bits per heavy atom. The summed E-state index contributed by atoms with van der Waals surface area (Å²) < 4.78 is 10.9. The lowest BCUT2D eigenvalue weighted by atomic mass is 10.1. The number of amides is 1. The third-order valence-corrected chi connectivity index (χ3v) is 3.76. The first-order chi connectivity index (χ1) is 12.2. The summed E-state index contributed by atoms with van der Waals surface area (Å²) >= 11 is 0. The van der Waals surface area contributed by atoms with Gasteiger partial charge in [-0.25, -0.2) is 0 Å². The van der Waals surface area contributed by atoms with Crippen LogP contribution in [0.1, 0.15) is 28.5 Å². The van der Waals surface area contributed by atoms with Crippen molar-refractivity contribution in [2.24, 2.45) is 0 Å². The molecule has 1 N–H and O–H groups in total. The number of hydrogen-bond donors (Lipinski definition) is 1. The van der Waals surface area contributed by atoms with Gasteiger partial charge in [0, 0.05) is 11.6 Å². The fourth-order valence-corrected chi connectivity index (χ4v) is 2.45. The molecule has 0 saturated heterocycles. The molecule has 3 rings (SSSR count). The second-order valence-electron chi connectivity index (χ2n) is 5.66. The summed E-state index contributed by atoms with van der Waals surface area (Å²) in [4.78, 5) is 12.4. The van der Waals surface area contributed by atoms with Crippen molar-refractivity contribution in [1.29, 1.82) is 0 Å². The Kier molecular flexibility index (Phi) is 5.14. The van der Waals surface area contributed by atoms with Crippen molar-refractivity contribution in [1.82, 2.24) is 10.5 Å². The van der Waals surface area contributed by atoms with Crippen LogP contribution in [0.2, 0.25) is 0 Å². The van der Waals surface area contributed by atoms with Crippen LogP contribution in [-0.2, 0) is 6.54 Å². The van der Waals surface area contributed by atoms with Gasteiger partial charge in [0.1, 0.15) is 11.4 Å². The SMILES string of the molecule is CCOc1ccccc1C(=O)NCc1cc(-c2ccc(C)cc2)on1. The lowest BCUT2D eigenvalue weighted by molar-refractivity contribution is 0.0946. The van der Waals surface area contributed by atoms with Crippen LogP contribution in [0, 0.1) is 6.92 Å². The maximum absolute atomic E-state index is 12.4. The minimum absolute atomic E-state index is 0.205. The van der Waals surface area contributed by atoms with E-state index in [9.17, 15) is 4.79 Å². The van der Waals surface area contributed by atoms with E-state index < -0.39 is 0 Å². The number of ether oxygens (including phenoxy) is 1. The van der Waals surface area contributed by atoms with Gasteiger partial charge in [-0.3, -0.25) is 4.79 Å². The maximum atomic E-state index is 12.4. The molecule has 0 aliphatic carbocycles. The molecule has 1 amide bonds. The van der Waals surface area contributed by atoms with Crippen molar-refractivity contribution in [3.8, 4) is 17.1 Å². The minimum atomic E-state index is -0.205. The third-order valence-electron chi connectivity index (χ3n) is 3.76. The van der Waals surface area contributed by atoms with Gasteiger partial charge in [-0.2, -0.15) is 0 Å². The lowest BCUT2D eigenvalue weighted by Crippen LogP contribution is -2.23. The van der Waals surface area contributed by atoms with Crippen molar-refractivity contribution in [3.63, 3.8) is 0 Å². The molecule has 0 aliphatic heterocycles. The number of rotatable bonds is 6. The van der Waals surface area contributed by atoms with Crippen molar-refractivity contribution in [2.45, 2.75) is 20.4 Å². The van der Waals surface area contributed by atoms with Gasteiger partial charge in [-0.1, -0.05) is 47.1 Å². The molecule has 5 heteroatoms. The summed E-state index contributed by atoms with van der Waals surface area (Å²) in [5, 5.41) is 6.86. The standard InChI is InChI=1S/C20H20N2O3/c1-3-24-18-7-5-4-6-17(18)20(23)21-13-16-12-19(25-22-16)15-10-8-14(2)9-11-15/h4-12H,3,13H2,1-2H3,(H,21,23). The van der Waals surface area contributed by atoms with E-state index in [0.717, 1.165) is 5.56 Å². The van der Waals surface area contributed by atoms with E-state index in [-0.39, 0.29) is 12.5 Å².